The van der Waals surface area contributed by atoms with Crippen LogP contribution < -0.4 is 0 Å². The molecule has 2 aromatic carbocycles. The second-order valence-corrected chi connectivity index (χ2v) is 6.01. The number of nitrogens with zero attached hydrogens (tertiary/aromatic N) is 3. The quantitative estimate of drug-likeness (QED) is 0.716. The maximum atomic E-state index is 12.5. The lowest BCUT2D eigenvalue weighted by atomic mass is 10.2. The maximum absolute atomic E-state index is 12.5. The van der Waals surface area contributed by atoms with E-state index in [0.29, 0.717) is 11.0 Å². The van der Waals surface area contributed by atoms with Crippen molar-refractivity contribution in [2.75, 3.05) is 0 Å². The van der Waals surface area contributed by atoms with Gasteiger partial charge in [0.05, 0.1) is 4.90 Å². The molecule has 19 heavy (non-hydrogen) atoms. The molecule has 0 bridgehead atoms. The SMILES string of the molecule is Cc1ccc(S(=O)(=O)n2nnc3ccccc32)cc1. The van der Waals surface area contributed by atoms with Gasteiger partial charge in [-0.3, -0.25) is 0 Å². The molecule has 0 aliphatic heterocycles. The van der Waals surface area contributed by atoms with Gasteiger partial charge in [0.2, 0.25) is 0 Å². The Labute approximate surface area is 110 Å². The van der Waals surface area contributed by atoms with E-state index in [1.807, 2.05) is 6.92 Å². The third kappa shape index (κ3) is 1.90. The van der Waals surface area contributed by atoms with Crippen LogP contribution in [0, 0.1) is 6.92 Å². The monoisotopic (exact) mass is 273 g/mol. The van der Waals surface area contributed by atoms with Crippen LogP contribution in [0.3, 0.4) is 0 Å². The van der Waals surface area contributed by atoms with Crippen LogP contribution in [0.25, 0.3) is 11.0 Å². The first kappa shape index (κ1) is 11.9. The molecule has 0 spiro atoms. The van der Waals surface area contributed by atoms with E-state index in [0.717, 1.165) is 9.65 Å². The van der Waals surface area contributed by atoms with Crippen molar-refractivity contribution in [3.8, 4) is 0 Å². The predicted octanol–water partition coefficient (Wildman–Crippen LogP) is 1.98. The highest BCUT2D eigenvalue weighted by atomic mass is 32.2. The summed E-state index contributed by atoms with van der Waals surface area (Å²) in [6.45, 7) is 1.90. The summed E-state index contributed by atoms with van der Waals surface area (Å²) >= 11 is 0. The fourth-order valence-corrected chi connectivity index (χ4v) is 3.06. The van der Waals surface area contributed by atoms with Gasteiger partial charge in [0.15, 0.2) is 0 Å². The average Bonchev–Trinajstić information content (AvgIpc) is 2.83. The van der Waals surface area contributed by atoms with Crippen molar-refractivity contribution in [2.24, 2.45) is 0 Å². The number of aromatic nitrogens is 3. The Morgan fingerprint density at radius 1 is 1.00 bits per heavy atom. The maximum Gasteiger partial charge on any atom is 0.284 e. The molecule has 0 fully saturated rings. The molecule has 3 rings (SSSR count). The number of para-hydroxylation sites is 1. The second kappa shape index (κ2) is 4.17. The lowest BCUT2D eigenvalue weighted by molar-refractivity contribution is 0.579. The average molecular weight is 273 g/mol. The molecule has 96 valence electrons. The van der Waals surface area contributed by atoms with E-state index in [2.05, 4.69) is 10.3 Å². The number of rotatable bonds is 2. The van der Waals surface area contributed by atoms with Crippen molar-refractivity contribution in [2.45, 2.75) is 11.8 Å². The third-order valence-electron chi connectivity index (χ3n) is 2.87. The van der Waals surface area contributed by atoms with Gasteiger partial charge in [0, 0.05) is 0 Å². The van der Waals surface area contributed by atoms with Crippen LogP contribution in [-0.4, -0.2) is 22.8 Å². The summed E-state index contributed by atoms with van der Waals surface area (Å²) in [5.41, 5.74) is 2.03. The molecule has 0 N–H and O–H groups in total. The summed E-state index contributed by atoms with van der Waals surface area (Å²) in [5, 5.41) is 7.61. The Balaban J connectivity index is 2.22. The Kier molecular flexibility index (Phi) is 2.60. The Hall–Kier alpha value is -2.21. The van der Waals surface area contributed by atoms with E-state index >= 15 is 0 Å². The van der Waals surface area contributed by atoms with Gasteiger partial charge in [-0.1, -0.05) is 35.0 Å². The normalized spacial score (nSPS) is 11.8. The zero-order valence-corrected chi connectivity index (χ0v) is 11.0. The van der Waals surface area contributed by atoms with E-state index < -0.39 is 10.0 Å². The number of aryl methyl sites for hydroxylation is 1. The Bertz CT molecular complexity index is 836. The van der Waals surface area contributed by atoms with Gasteiger partial charge in [-0.2, -0.15) is 8.42 Å². The molecule has 0 amide bonds. The number of benzene rings is 2. The van der Waals surface area contributed by atoms with Crippen molar-refractivity contribution < 1.29 is 8.42 Å². The molecule has 0 unspecified atom stereocenters. The first-order valence-corrected chi connectivity index (χ1v) is 7.16. The Morgan fingerprint density at radius 2 is 1.68 bits per heavy atom. The molecular formula is C13H11N3O2S. The smallest absolute Gasteiger partial charge is 0.199 e. The standard InChI is InChI=1S/C13H11N3O2S/c1-10-6-8-11(9-7-10)19(17,18)16-13-5-3-2-4-12(13)14-15-16/h2-9H,1H3. The van der Waals surface area contributed by atoms with E-state index in [1.165, 1.54) is 0 Å². The van der Waals surface area contributed by atoms with Crippen LogP contribution in [-0.2, 0) is 10.0 Å². The summed E-state index contributed by atoms with van der Waals surface area (Å²) in [6.07, 6.45) is 0. The summed E-state index contributed by atoms with van der Waals surface area (Å²) in [4.78, 5) is 0.203. The van der Waals surface area contributed by atoms with Crippen molar-refractivity contribution in [3.05, 3.63) is 54.1 Å². The van der Waals surface area contributed by atoms with Gasteiger partial charge in [-0.15, -0.1) is 9.19 Å². The first-order chi connectivity index (χ1) is 9.09. The van der Waals surface area contributed by atoms with Crippen LogP contribution >= 0.6 is 0 Å². The highest BCUT2D eigenvalue weighted by molar-refractivity contribution is 7.90. The van der Waals surface area contributed by atoms with Gasteiger partial charge in [-0.25, -0.2) is 0 Å². The minimum Gasteiger partial charge on any atom is -0.199 e. The molecule has 5 nitrogen and oxygen atoms in total. The fourth-order valence-electron chi connectivity index (χ4n) is 1.84. The minimum absolute atomic E-state index is 0.203. The van der Waals surface area contributed by atoms with Crippen LogP contribution in [0.15, 0.2) is 53.4 Å². The van der Waals surface area contributed by atoms with Crippen LogP contribution in [0.5, 0.6) is 0 Å². The minimum atomic E-state index is -3.70. The molecule has 1 heterocycles. The van der Waals surface area contributed by atoms with Crippen molar-refractivity contribution in [1.29, 1.82) is 0 Å². The predicted molar refractivity (Wildman–Crippen MR) is 71.3 cm³/mol. The number of hydrogen-bond acceptors (Lipinski definition) is 4. The number of fused-ring (bicyclic) bond motifs is 1. The molecule has 0 aliphatic carbocycles. The third-order valence-corrected chi connectivity index (χ3v) is 4.46. The highest BCUT2D eigenvalue weighted by Gasteiger charge is 2.20. The van der Waals surface area contributed by atoms with E-state index in [1.54, 1.807) is 48.5 Å². The Morgan fingerprint density at radius 3 is 2.42 bits per heavy atom. The van der Waals surface area contributed by atoms with Gasteiger partial charge in [0.1, 0.15) is 11.0 Å². The van der Waals surface area contributed by atoms with Crippen LogP contribution in [0.4, 0.5) is 0 Å². The van der Waals surface area contributed by atoms with Gasteiger partial charge >= 0.3 is 0 Å². The first-order valence-electron chi connectivity index (χ1n) is 5.72. The van der Waals surface area contributed by atoms with E-state index in [-0.39, 0.29) is 4.90 Å². The topological polar surface area (TPSA) is 64.8 Å². The summed E-state index contributed by atoms with van der Waals surface area (Å²) in [5.74, 6) is 0. The zero-order chi connectivity index (χ0) is 13.5. The van der Waals surface area contributed by atoms with Crippen molar-refractivity contribution in [1.82, 2.24) is 14.4 Å². The lowest BCUT2D eigenvalue weighted by Crippen LogP contribution is -2.14. The molecule has 0 atom stereocenters. The second-order valence-electron chi connectivity index (χ2n) is 4.24. The molecular weight excluding hydrogens is 262 g/mol. The van der Waals surface area contributed by atoms with Gasteiger partial charge in [-0.05, 0) is 31.2 Å². The summed E-state index contributed by atoms with van der Waals surface area (Å²) < 4.78 is 25.9. The molecule has 0 radical (unpaired) electrons. The van der Waals surface area contributed by atoms with Gasteiger partial charge < -0.3 is 0 Å². The summed E-state index contributed by atoms with van der Waals surface area (Å²) in [6, 6.07) is 13.6. The molecule has 6 heteroatoms. The molecule has 0 aliphatic rings. The van der Waals surface area contributed by atoms with Crippen molar-refractivity contribution in [3.63, 3.8) is 0 Å². The molecule has 3 aromatic rings. The molecule has 1 aromatic heterocycles. The van der Waals surface area contributed by atoms with Gasteiger partial charge in [0.25, 0.3) is 10.0 Å². The lowest BCUT2D eigenvalue weighted by Gasteiger charge is -2.04. The zero-order valence-electron chi connectivity index (χ0n) is 10.2. The largest absolute Gasteiger partial charge is 0.284 e. The number of hydrogen-bond donors (Lipinski definition) is 0. The van der Waals surface area contributed by atoms with Crippen LogP contribution in [0.1, 0.15) is 5.56 Å². The van der Waals surface area contributed by atoms with E-state index in [9.17, 15) is 8.42 Å². The molecule has 0 saturated heterocycles. The highest BCUT2D eigenvalue weighted by Crippen LogP contribution is 2.18. The fraction of sp³-hybridized carbons (Fsp3) is 0.0769. The molecule has 0 saturated carbocycles. The van der Waals surface area contributed by atoms with Crippen molar-refractivity contribution >= 4 is 21.1 Å². The van der Waals surface area contributed by atoms with E-state index in [4.69, 9.17) is 0 Å². The van der Waals surface area contributed by atoms with Crippen LogP contribution in [0.2, 0.25) is 0 Å². The summed E-state index contributed by atoms with van der Waals surface area (Å²) in [7, 11) is -3.70.